The maximum absolute atomic E-state index is 11.9. The zero-order chi connectivity index (χ0) is 14.4. The normalized spacial score (nSPS) is 23.7. The monoisotopic (exact) mass is 283 g/mol. The summed E-state index contributed by atoms with van der Waals surface area (Å²) in [6.07, 6.45) is 6.99. The van der Waals surface area contributed by atoms with Crippen LogP contribution in [-0.4, -0.2) is 53.9 Å². The van der Waals surface area contributed by atoms with Crippen LogP contribution < -0.4 is 10.6 Å². The molecule has 20 heavy (non-hydrogen) atoms. The fourth-order valence-corrected chi connectivity index (χ4v) is 3.31. The van der Waals surface area contributed by atoms with Gasteiger partial charge in [0, 0.05) is 25.7 Å². The van der Waals surface area contributed by atoms with E-state index >= 15 is 0 Å². The predicted molar refractivity (Wildman–Crippen MR) is 79.7 cm³/mol. The summed E-state index contributed by atoms with van der Waals surface area (Å²) in [4.78, 5) is 14.3. The first-order chi connectivity index (χ1) is 9.61. The third kappa shape index (κ3) is 4.63. The highest BCUT2D eigenvalue weighted by molar-refractivity contribution is 5.74. The summed E-state index contributed by atoms with van der Waals surface area (Å²) >= 11 is 0. The number of carbonyl (C=O) groups excluding carboxylic acids is 1. The average molecular weight is 283 g/mol. The van der Waals surface area contributed by atoms with E-state index in [1.165, 1.54) is 6.42 Å². The Morgan fingerprint density at radius 3 is 2.55 bits per heavy atom. The van der Waals surface area contributed by atoms with Gasteiger partial charge in [0.25, 0.3) is 0 Å². The second kappa shape index (κ2) is 7.27. The zero-order valence-electron chi connectivity index (χ0n) is 12.7. The van der Waals surface area contributed by atoms with E-state index in [-0.39, 0.29) is 12.1 Å². The van der Waals surface area contributed by atoms with Crippen LogP contribution in [0.5, 0.6) is 0 Å². The molecule has 1 heterocycles. The maximum atomic E-state index is 11.9. The topological polar surface area (TPSA) is 64.6 Å². The molecular weight excluding hydrogens is 254 g/mol. The van der Waals surface area contributed by atoms with Gasteiger partial charge in [0.15, 0.2) is 0 Å². The van der Waals surface area contributed by atoms with Crippen LogP contribution in [0.15, 0.2) is 0 Å². The number of rotatable bonds is 5. The summed E-state index contributed by atoms with van der Waals surface area (Å²) in [5.41, 5.74) is -0.665. The number of urea groups is 1. The van der Waals surface area contributed by atoms with Crippen molar-refractivity contribution >= 4 is 6.03 Å². The van der Waals surface area contributed by atoms with E-state index in [1.807, 2.05) is 0 Å². The predicted octanol–water partition coefficient (Wildman–Crippen LogP) is 1.47. The minimum Gasteiger partial charge on any atom is -0.388 e. The summed E-state index contributed by atoms with van der Waals surface area (Å²) in [5.74, 6) is 0. The third-order valence-electron chi connectivity index (χ3n) is 4.57. The Bertz CT molecular complexity index is 308. The molecule has 0 spiro atoms. The Labute approximate surface area is 122 Å². The van der Waals surface area contributed by atoms with Gasteiger partial charge in [-0.15, -0.1) is 0 Å². The first-order valence-corrected chi connectivity index (χ1v) is 8.10. The molecular formula is C15H29N3O2. The fraction of sp³-hybridized carbons (Fsp3) is 0.933. The number of nitrogens with one attached hydrogen (secondary N) is 2. The van der Waals surface area contributed by atoms with Crippen LogP contribution in [0, 0.1) is 0 Å². The minimum absolute atomic E-state index is 0.126. The first-order valence-electron chi connectivity index (χ1n) is 8.10. The van der Waals surface area contributed by atoms with Gasteiger partial charge in [0.1, 0.15) is 0 Å². The quantitative estimate of drug-likeness (QED) is 0.716. The highest BCUT2D eigenvalue weighted by Gasteiger charge is 2.31. The van der Waals surface area contributed by atoms with Crippen LogP contribution in [0.3, 0.4) is 0 Å². The molecule has 116 valence electrons. The lowest BCUT2D eigenvalue weighted by Gasteiger charge is -2.32. The van der Waals surface area contributed by atoms with Crippen LogP contribution in [-0.2, 0) is 0 Å². The van der Waals surface area contributed by atoms with E-state index in [0.29, 0.717) is 6.54 Å². The van der Waals surface area contributed by atoms with Crippen molar-refractivity contribution in [3.05, 3.63) is 0 Å². The van der Waals surface area contributed by atoms with Crippen molar-refractivity contribution in [1.82, 2.24) is 15.5 Å². The van der Waals surface area contributed by atoms with Crippen molar-refractivity contribution in [2.75, 3.05) is 26.2 Å². The molecule has 2 fully saturated rings. The minimum atomic E-state index is -0.665. The second-order valence-corrected chi connectivity index (χ2v) is 6.37. The molecule has 0 unspecified atom stereocenters. The Hall–Kier alpha value is -0.810. The van der Waals surface area contributed by atoms with Gasteiger partial charge < -0.3 is 20.6 Å². The molecule has 1 aliphatic heterocycles. The Morgan fingerprint density at radius 2 is 1.95 bits per heavy atom. The first kappa shape index (κ1) is 15.6. The lowest BCUT2D eigenvalue weighted by Crippen LogP contribution is -2.50. The summed E-state index contributed by atoms with van der Waals surface area (Å²) in [6.45, 7) is 5.89. The van der Waals surface area contributed by atoms with Gasteiger partial charge in [-0.25, -0.2) is 4.79 Å². The molecule has 2 amide bonds. The van der Waals surface area contributed by atoms with Crippen LogP contribution in [0.25, 0.3) is 0 Å². The molecule has 0 aromatic heterocycles. The molecule has 0 radical (unpaired) electrons. The molecule has 1 saturated carbocycles. The van der Waals surface area contributed by atoms with Crippen molar-refractivity contribution in [3.8, 4) is 0 Å². The molecule has 1 aliphatic carbocycles. The van der Waals surface area contributed by atoms with Gasteiger partial charge in [-0.05, 0) is 38.6 Å². The molecule has 1 saturated heterocycles. The van der Waals surface area contributed by atoms with E-state index in [2.05, 4.69) is 22.5 Å². The largest absolute Gasteiger partial charge is 0.388 e. The Kier molecular flexibility index (Phi) is 5.66. The number of amides is 2. The third-order valence-corrected chi connectivity index (χ3v) is 4.57. The van der Waals surface area contributed by atoms with Gasteiger partial charge in [0.05, 0.1) is 5.60 Å². The van der Waals surface area contributed by atoms with Gasteiger partial charge >= 0.3 is 6.03 Å². The number of hydrogen-bond donors (Lipinski definition) is 3. The van der Waals surface area contributed by atoms with Crippen molar-refractivity contribution in [1.29, 1.82) is 0 Å². The summed E-state index contributed by atoms with van der Waals surface area (Å²) < 4.78 is 0. The van der Waals surface area contributed by atoms with E-state index < -0.39 is 5.60 Å². The highest BCUT2D eigenvalue weighted by Crippen LogP contribution is 2.28. The number of hydrogen-bond acceptors (Lipinski definition) is 3. The molecule has 0 aromatic rings. The maximum Gasteiger partial charge on any atom is 0.315 e. The fourth-order valence-electron chi connectivity index (χ4n) is 3.31. The van der Waals surface area contributed by atoms with Crippen LogP contribution >= 0.6 is 0 Å². The summed E-state index contributed by atoms with van der Waals surface area (Å²) in [5, 5.41) is 16.1. The lowest BCUT2D eigenvalue weighted by atomic mass is 10.0. The van der Waals surface area contributed by atoms with Crippen LogP contribution in [0.2, 0.25) is 0 Å². The molecule has 0 bridgehead atoms. The summed E-state index contributed by atoms with van der Waals surface area (Å²) in [6, 6.07) is 0.153. The SMILES string of the molecule is CCCN1CCC(NC(=O)NCC2(O)CCCC2)CC1. The second-order valence-electron chi connectivity index (χ2n) is 6.37. The van der Waals surface area contributed by atoms with Gasteiger partial charge in [-0.2, -0.15) is 0 Å². The smallest absolute Gasteiger partial charge is 0.315 e. The molecule has 2 aliphatic rings. The lowest BCUT2D eigenvalue weighted by molar-refractivity contribution is 0.0499. The number of aliphatic hydroxyl groups is 1. The summed E-state index contributed by atoms with van der Waals surface area (Å²) in [7, 11) is 0. The molecule has 5 heteroatoms. The average Bonchev–Trinajstić information content (AvgIpc) is 2.87. The van der Waals surface area contributed by atoms with E-state index in [9.17, 15) is 9.90 Å². The highest BCUT2D eigenvalue weighted by atomic mass is 16.3. The van der Waals surface area contributed by atoms with Crippen molar-refractivity contribution in [3.63, 3.8) is 0 Å². The van der Waals surface area contributed by atoms with Gasteiger partial charge in [-0.1, -0.05) is 19.8 Å². The van der Waals surface area contributed by atoms with Crippen LogP contribution in [0.4, 0.5) is 4.79 Å². The standard InChI is InChI=1S/C15H29N3O2/c1-2-9-18-10-5-13(6-11-18)17-14(19)16-12-15(20)7-3-4-8-15/h13,20H,2-12H2,1H3,(H2,16,17,19). The molecule has 3 N–H and O–H groups in total. The number of piperidine rings is 1. The van der Waals surface area contributed by atoms with Crippen molar-refractivity contribution < 1.29 is 9.90 Å². The van der Waals surface area contributed by atoms with Crippen molar-refractivity contribution in [2.24, 2.45) is 0 Å². The van der Waals surface area contributed by atoms with E-state index in [1.54, 1.807) is 0 Å². The zero-order valence-corrected chi connectivity index (χ0v) is 12.7. The van der Waals surface area contributed by atoms with E-state index in [4.69, 9.17) is 0 Å². The Morgan fingerprint density at radius 1 is 1.30 bits per heavy atom. The number of nitrogens with zero attached hydrogens (tertiary/aromatic N) is 1. The molecule has 0 aromatic carbocycles. The van der Waals surface area contributed by atoms with Crippen LogP contribution in [0.1, 0.15) is 51.9 Å². The molecule has 5 nitrogen and oxygen atoms in total. The van der Waals surface area contributed by atoms with E-state index in [0.717, 1.165) is 58.2 Å². The molecule has 2 rings (SSSR count). The van der Waals surface area contributed by atoms with Gasteiger partial charge in [0.2, 0.25) is 0 Å². The molecule has 0 atom stereocenters. The number of likely N-dealkylation sites (tertiary alicyclic amines) is 1. The van der Waals surface area contributed by atoms with Gasteiger partial charge in [-0.3, -0.25) is 0 Å². The van der Waals surface area contributed by atoms with Crippen molar-refractivity contribution in [2.45, 2.75) is 63.5 Å². The number of carbonyl (C=O) groups is 1. The Balaban J connectivity index is 1.63.